The molecule has 1 aliphatic rings. The fourth-order valence-corrected chi connectivity index (χ4v) is 2.16. The third-order valence-corrected chi connectivity index (χ3v) is 2.84. The minimum atomic E-state index is -0.103. The molecule has 0 aromatic heterocycles. The summed E-state index contributed by atoms with van der Waals surface area (Å²) in [5.74, 6) is -0.103. The summed E-state index contributed by atoms with van der Waals surface area (Å²) in [7, 11) is 0. The molecule has 4 nitrogen and oxygen atoms in total. The largest absolute Gasteiger partial charge is 0.465 e. The number of carbonyl (C=O) groups excluding carboxylic acids is 1. The Bertz CT molecular complexity index is 203. The normalized spacial score (nSPS) is 20.3. The molecule has 0 aromatic carbocycles. The Balaban J connectivity index is 2.30. The van der Waals surface area contributed by atoms with Crippen molar-refractivity contribution in [2.45, 2.75) is 39.2 Å². The molecular formula is C12H24N2O2. The first-order valence-corrected chi connectivity index (χ1v) is 6.37. The zero-order valence-corrected chi connectivity index (χ0v) is 10.5. The molecule has 1 saturated heterocycles. The number of hydrogen-bond donors (Lipinski definition) is 1. The molecule has 0 spiro atoms. The van der Waals surface area contributed by atoms with Gasteiger partial charge in [-0.25, -0.2) is 0 Å². The van der Waals surface area contributed by atoms with Crippen LogP contribution in [0, 0.1) is 0 Å². The first-order valence-electron chi connectivity index (χ1n) is 6.37. The molecule has 16 heavy (non-hydrogen) atoms. The van der Waals surface area contributed by atoms with E-state index >= 15 is 0 Å². The summed E-state index contributed by atoms with van der Waals surface area (Å²) in [6.07, 6.45) is 3.55. The summed E-state index contributed by atoms with van der Waals surface area (Å²) in [6, 6.07) is 0.556. The van der Waals surface area contributed by atoms with Crippen LogP contribution in [0.25, 0.3) is 0 Å². The summed E-state index contributed by atoms with van der Waals surface area (Å²) >= 11 is 0. The fraction of sp³-hybridized carbons (Fsp3) is 0.917. The van der Waals surface area contributed by atoms with Crippen molar-refractivity contribution in [1.29, 1.82) is 0 Å². The van der Waals surface area contributed by atoms with Crippen molar-refractivity contribution in [3.8, 4) is 0 Å². The van der Waals surface area contributed by atoms with E-state index in [-0.39, 0.29) is 5.97 Å². The first-order chi connectivity index (χ1) is 7.76. The highest BCUT2D eigenvalue weighted by molar-refractivity contribution is 5.71. The highest BCUT2D eigenvalue weighted by atomic mass is 16.5. The lowest BCUT2D eigenvalue weighted by molar-refractivity contribution is -0.144. The molecule has 1 rings (SSSR count). The van der Waals surface area contributed by atoms with E-state index in [2.05, 4.69) is 17.1 Å². The smallest absolute Gasteiger partial charge is 0.320 e. The van der Waals surface area contributed by atoms with E-state index in [1.54, 1.807) is 0 Å². The molecule has 94 valence electrons. The summed E-state index contributed by atoms with van der Waals surface area (Å²) < 4.78 is 4.98. The third-order valence-electron chi connectivity index (χ3n) is 2.84. The third kappa shape index (κ3) is 4.94. The van der Waals surface area contributed by atoms with Crippen LogP contribution in [-0.2, 0) is 9.53 Å². The van der Waals surface area contributed by atoms with Crippen LogP contribution < -0.4 is 5.32 Å². The Morgan fingerprint density at radius 3 is 2.88 bits per heavy atom. The first kappa shape index (κ1) is 13.5. The zero-order valence-electron chi connectivity index (χ0n) is 10.5. The molecule has 0 radical (unpaired) electrons. The van der Waals surface area contributed by atoms with Gasteiger partial charge in [-0.05, 0) is 39.3 Å². The monoisotopic (exact) mass is 228 g/mol. The quantitative estimate of drug-likeness (QED) is 0.660. The van der Waals surface area contributed by atoms with Gasteiger partial charge in [-0.3, -0.25) is 9.69 Å². The molecule has 1 fully saturated rings. The van der Waals surface area contributed by atoms with Gasteiger partial charge in [-0.2, -0.15) is 0 Å². The average Bonchev–Trinajstić information content (AvgIpc) is 2.71. The van der Waals surface area contributed by atoms with Crippen LogP contribution in [0.4, 0.5) is 0 Å². The van der Waals surface area contributed by atoms with Gasteiger partial charge in [0.05, 0.1) is 13.2 Å². The SMILES string of the molecule is CCCN(CC(=O)OCC)CC1CCCN1. The number of hydrogen-bond acceptors (Lipinski definition) is 4. The van der Waals surface area contributed by atoms with Crippen molar-refractivity contribution in [1.82, 2.24) is 10.2 Å². The minimum Gasteiger partial charge on any atom is -0.465 e. The molecule has 0 bridgehead atoms. The molecule has 1 atom stereocenters. The van der Waals surface area contributed by atoms with Crippen molar-refractivity contribution in [2.75, 3.05) is 32.8 Å². The maximum absolute atomic E-state index is 11.4. The van der Waals surface area contributed by atoms with Gasteiger partial charge in [0.25, 0.3) is 0 Å². The van der Waals surface area contributed by atoms with Crippen molar-refractivity contribution >= 4 is 5.97 Å². The number of nitrogens with one attached hydrogen (secondary N) is 1. The van der Waals surface area contributed by atoms with Crippen LogP contribution in [0.3, 0.4) is 0 Å². The fourth-order valence-electron chi connectivity index (χ4n) is 2.16. The molecule has 1 aliphatic heterocycles. The van der Waals surface area contributed by atoms with Gasteiger partial charge in [0.1, 0.15) is 0 Å². The van der Waals surface area contributed by atoms with Gasteiger partial charge < -0.3 is 10.1 Å². The van der Waals surface area contributed by atoms with Crippen LogP contribution >= 0.6 is 0 Å². The molecule has 0 aliphatic carbocycles. The van der Waals surface area contributed by atoms with Crippen LogP contribution in [0.1, 0.15) is 33.1 Å². The highest BCUT2D eigenvalue weighted by Crippen LogP contribution is 2.07. The van der Waals surface area contributed by atoms with Crippen molar-refractivity contribution in [2.24, 2.45) is 0 Å². The van der Waals surface area contributed by atoms with Gasteiger partial charge in [-0.1, -0.05) is 6.92 Å². The maximum Gasteiger partial charge on any atom is 0.320 e. The van der Waals surface area contributed by atoms with Gasteiger partial charge in [0.2, 0.25) is 0 Å². The molecular weight excluding hydrogens is 204 g/mol. The number of rotatable bonds is 7. The van der Waals surface area contributed by atoms with Crippen molar-refractivity contribution < 1.29 is 9.53 Å². The minimum absolute atomic E-state index is 0.103. The van der Waals surface area contributed by atoms with Gasteiger partial charge in [0, 0.05) is 12.6 Å². The van der Waals surface area contributed by atoms with Crippen molar-refractivity contribution in [3.63, 3.8) is 0 Å². The van der Waals surface area contributed by atoms with E-state index in [1.165, 1.54) is 12.8 Å². The molecule has 0 amide bonds. The van der Waals surface area contributed by atoms with Gasteiger partial charge >= 0.3 is 5.97 Å². The molecule has 1 N–H and O–H groups in total. The highest BCUT2D eigenvalue weighted by Gasteiger charge is 2.19. The number of esters is 1. The van der Waals surface area contributed by atoms with Gasteiger partial charge in [0.15, 0.2) is 0 Å². The second kappa shape index (κ2) is 7.63. The number of carbonyl (C=O) groups is 1. The molecule has 4 heteroatoms. The predicted molar refractivity (Wildman–Crippen MR) is 64.4 cm³/mol. The van der Waals surface area contributed by atoms with Gasteiger partial charge in [-0.15, -0.1) is 0 Å². The standard InChI is InChI=1S/C12H24N2O2/c1-3-8-14(10-12(15)16-4-2)9-11-6-5-7-13-11/h11,13H,3-10H2,1-2H3. The Hall–Kier alpha value is -0.610. The zero-order chi connectivity index (χ0) is 11.8. The van der Waals surface area contributed by atoms with E-state index in [9.17, 15) is 4.79 Å². The van der Waals surface area contributed by atoms with Crippen LogP contribution in [-0.4, -0.2) is 49.7 Å². The predicted octanol–water partition coefficient (Wildman–Crippen LogP) is 1.01. The van der Waals surface area contributed by atoms with E-state index in [4.69, 9.17) is 4.74 Å². The Morgan fingerprint density at radius 1 is 1.50 bits per heavy atom. The van der Waals surface area contributed by atoms with E-state index in [1.807, 2.05) is 6.92 Å². The number of ether oxygens (including phenoxy) is 1. The summed E-state index contributed by atoms with van der Waals surface area (Å²) in [4.78, 5) is 13.6. The Kier molecular flexibility index (Phi) is 6.42. The van der Waals surface area contributed by atoms with E-state index < -0.39 is 0 Å². The lowest BCUT2D eigenvalue weighted by atomic mass is 10.2. The Morgan fingerprint density at radius 2 is 2.31 bits per heavy atom. The summed E-state index contributed by atoms with van der Waals surface area (Å²) in [5.41, 5.74) is 0. The van der Waals surface area contributed by atoms with Crippen LogP contribution in [0.15, 0.2) is 0 Å². The molecule has 0 aromatic rings. The Labute approximate surface area is 98.3 Å². The van der Waals surface area contributed by atoms with E-state index in [0.717, 1.165) is 26.1 Å². The van der Waals surface area contributed by atoms with Crippen LogP contribution in [0.2, 0.25) is 0 Å². The molecule has 1 unspecified atom stereocenters. The lowest BCUT2D eigenvalue weighted by Gasteiger charge is -2.24. The topological polar surface area (TPSA) is 41.6 Å². The maximum atomic E-state index is 11.4. The summed E-state index contributed by atoms with van der Waals surface area (Å²) in [5, 5.41) is 3.46. The second-order valence-electron chi connectivity index (χ2n) is 4.33. The number of nitrogens with zero attached hydrogens (tertiary/aromatic N) is 1. The second-order valence-corrected chi connectivity index (χ2v) is 4.33. The molecule has 0 saturated carbocycles. The van der Waals surface area contributed by atoms with Crippen molar-refractivity contribution in [3.05, 3.63) is 0 Å². The molecule has 1 heterocycles. The lowest BCUT2D eigenvalue weighted by Crippen LogP contribution is -2.41. The average molecular weight is 228 g/mol. The van der Waals surface area contributed by atoms with Crippen LogP contribution in [0.5, 0.6) is 0 Å². The van der Waals surface area contributed by atoms with E-state index in [0.29, 0.717) is 19.2 Å². The summed E-state index contributed by atoms with van der Waals surface area (Å²) in [6.45, 7) is 7.94.